The molecule has 0 saturated carbocycles. The fraction of sp³-hybridized carbons (Fsp3) is 0.556. The van der Waals surface area contributed by atoms with Crippen LogP contribution >= 0.6 is 12.4 Å². The average Bonchev–Trinajstić information content (AvgIpc) is 3.15. The molecule has 2 heterocycles. The molecule has 1 aromatic carbocycles. The van der Waals surface area contributed by atoms with E-state index < -0.39 is 11.0 Å². The number of benzene rings is 1. The average molecular weight is 413 g/mol. The Balaban J connectivity index is 0.00000280. The first-order valence-electron chi connectivity index (χ1n) is 9.15. The van der Waals surface area contributed by atoms with Gasteiger partial charge < -0.3 is 14.9 Å². The molecule has 0 spiro atoms. The number of rotatable bonds is 4. The number of carbonyl (C=O) groups is 2. The molecule has 0 aromatic heterocycles. The van der Waals surface area contributed by atoms with Gasteiger partial charge in [-0.3, -0.25) is 19.8 Å². The molecule has 2 fully saturated rings. The lowest BCUT2D eigenvalue weighted by molar-refractivity contribution is -0.385. The van der Waals surface area contributed by atoms with E-state index in [0.29, 0.717) is 5.56 Å². The fourth-order valence-corrected chi connectivity index (χ4v) is 4.13. The van der Waals surface area contributed by atoms with Crippen LogP contribution in [-0.4, -0.2) is 75.1 Å². The normalized spacial score (nSPS) is 22.6. The lowest BCUT2D eigenvalue weighted by atomic mass is 10.1. The monoisotopic (exact) mass is 412 g/mol. The number of hydrogen-bond donors (Lipinski definition) is 1. The number of para-hydroxylation sites is 1. The molecule has 2 saturated heterocycles. The lowest BCUT2D eigenvalue weighted by Crippen LogP contribution is -2.66. The van der Waals surface area contributed by atoms with Gasteiger partial charge in [-0.05, 0) is 19.8 Å². The van der Waals surface area contributed by atoms with Gasteiger partial charge in [0.15, 0.2) is 0 Å². The summed E-state index contributed by atoms with van der Waals surface area (Å²) < 4.78 is 0. The third-order valence-corrected chi connectivity index (χ3v) is 5.44. The number of halogens is 1. The highest BCUT2D eigenvalue weighted by Gasteiger charge is 2.42. The van der Waals surface area contributed by atoms with Gasteiger partial charge in [0.05, 0.1) is 17.4 Å². The van der Waals surface area contributed by atoms with Crippen LogP contribution in [0.5, 0.6) is 0 Å². The number of carbonyl (C=O) groups excluding carboxylic acids is 1. The van der Waals surface area contributed by atoms with Gasteiger partial charge in [0.25, 0.3) is 5.69 Å². The molecule has 1 aromatic rings. The van der Waals surface area contributed by atoms with E-state index in [-0.39, 0.29) is 55.7 Å². The van der Waals surface area contributed by atoms with Crippen molar-refractivity contribution in [2.75, 3.05) is 26.2 Å². The summed E-state index contributed by atoms with van der Waals surface area (Å²) in [5, 5.41) is 20.7. The minimum atomic E-state index is -0.988. The van der Waals surface area contributed by atoms with E-state index in [1.165, 1.54) is 11.0 Å². The van der Waals surface area contributed by atoms with E-state index in [1.807, 2.05) is 6.92 Å². The highest BCUT2D eigenvalue weighted by Crippen LogP contribution is 2.26. The Kier molecular flexibility index (Phi) is 7.20. The van der Waals surface area contributed by atoms with Gasteiger partial charge in [-0.1, -0.05) is 18.2 Å². The van der Waals surface area contributed by atoms with Gasteiger partial charge >= 0.3 is 6.09 Å². The van der Waals surface area contributed by atoms with Crippen molar-refractivity contribution in [3.8, 4) is 0 Å². The Bertz CT molecular complexity index is 740. The predicted octanol–water partition coefficient (Wildman–Crippen LogP) is 2.19. The summed E-state index contributed by atoms with van der Waals surface area (Å²) in [5.74, 6) is -0.210. The second-order valence-corrected chi connectivity index (χ2v) is 7.02. The van der Waals surface area contributed by atoms with Crippen molar-refractivity contribution >= 4 is 30.1 Å². The summed E-state index contributed by atoms with van der Waals surface area (Å²) in [6.45, 7) is 3.98. The molecule has 0 bridgehead atoms. The zero-order valence-electron chi connectivity index (χ0n) is 15.7. The first-order chi connectivity index (χ1) is 12.9. The third-order valence-electron chi connectivity index (χ3n) is 5.44. The van der Waals surface area contributed by atoms with Crippen molar-refractivity contribution in [3.63, 3.8) is 0 Å². The quantitative estimate of drug-likeness (QED) is 0.600. The summed E-state index contributed by atoms with van der Waals surface area (Å²) in [7, 11) is 0. The van der Waals surface area contributed by atoms with E-state index in [1.54, 1.807) is 23.1 Å². The first-order valence-corrected chi connectivity index (χ1v) is 9.15. The maximum Gasteiger partial charge on any atom is 0.407 e. The maximum atomic E-state index is 13.0. The van der Waals surface area contributed by atoms with Gasteiger partial charge in [0.2, 0.25) is 5.91 Å². The van der Waals surface area contributed by atoms with Crippen LogP contribution in [-0.2, 0) is 11.2 Å². The second kappa shape index (κ2) is 9.20. The molecule has 3 rings (SSSR count). The molecule has 28 heavy (non-hydrogen) atoms. The van der Waals surface area contributed by atoms with E-state index in [4.69, 9.17) is 0 Å². The van der Waals surface area contributed by atoms with Crippen LogP contribution in [0.4, 0.5) is 10.5 Å². The van der Waals surface area contributed by atoms with Gasteiger partial charge in [-0.2, -0.15) is 0 Å². The van der Waals surface area contributed by atoms with Crippen molar-refractivity contribution in [2.45, 2.75) is 38.4 Å². The van der Waals surface area contributed by atoms with Gasteiger partial charge in [0.1, 0.15) is 6.17 Å². The number of piperazine rings is 1. The Morgan fingerprint density at radius 2 is 1.75 bits per heavy atom. The highest BCUT2D eigenvalue weighted by molar-refractivity contribution is 5.85. The SMILES string of the molecule is CC1C(N2CCCC2)N(C(=O)Cc2ccccc2[N+](=O)[O-])CCN1C(=O)O.Cl. The zero-order chi connectivity index (χ0) is 19.6. The van der Waals surface area contributed by atoms with Crippen molar-refractivity contribution < 1.29 is 19.6 Å². The number of nitro benzene ring substituents is 1. The second-order valence-electron chi connectivity index (χ2n) is 7.02. The van der Waals surface area contributed by atoms with Crippen LogP contribution in [0.15, 0.2) is 24.3 Å². The third kappa shape index (κ3) is 4.36. The van der Waals surface area contributed by atoms with Gasteiger partial charge in [0, 0.05) is 37.8 Å². The fourth-order valence-electron chi connectivity index (χ4n) is 4.13. The van der Waals surface area contributed by atoms with Crippen LogP contribution in [0.3, 0.4) is 0 Å². The number of likely N-dealkylation sites (tertiary alicyclic amines) is 1. The molecule has 0 aliphatic carbocycles. The molecule has 2 amide bonds. The van der Waals surface area contributed by atoms with E-state index in [2.05, 4.69) is 4.90 Å². The van der Waals surface area contributed by atoms with Crippen molar-refractivity contribution in [1.82, 2.24) is 14.7 Å². The number of hydrogen-bond acceptors (Lipinski definition) is 5. The Morgan fingerprint density at radius 3 is 2.36 bits per heavy atom. The largest absolute Gasteiger partial charge is 0.465 e. The first kappa shape index (κ1) is 21.9. The van der Waals surface area contributed by atoms with Crippen molar-refractivity contribution in [1.29, 1.82) is 0 Å². The van der Waals surface area contributed by atoms with E-state index >= 15 is 0 Å². The Labute approximate surface area is 169 Å². The van der Waals surface area contributed by atoms with Gasteiger partial charge in [-0.25, -0.2) is 4.79 Å². The van der Waals surface area contributed by atoms with E-state index in [0.717, 1.165) is 25.9 Å². The molecule has 154 valence electrons. The molecule has 1 N–H and O–H groups in total. The molecule has 0 radical (unpaired) electrons. The number of carboxylic acid groups (broad SMARTS) is 1. The maximum absolute atomic E-state index is 13.0. The van der Waals surface area contributed by atoms with Crippen molar-refractivity contribution in [3.05, 3.63) is 39.9 Å². The Hall–Kier alpha value is -2.39. The molecule has 2 aliphatic heterocycles. The molecule has 2 atom stereocenters. The molecule has 9 nitrogen and oxygen atoms in total. The van der Waals surface area contributed by atoms with Crippen LogP contribution in [0.2, 0.25) is 0 Å². The minimum Gasteiger partial charge on any atom is -0.465 e. The standard InChI is InChI=1S/C18H24N4O5.ClH/c1-13-17(19-8-4-5-9-19)21(11-10-20(13)18(24)25)16(23)12-14-6-2-3-7-15(14)22(26)27;/h2-3,6-7,13,17H,4-5,8-12H2,1H3,(H,24,25);1H. The summed E-state index contributed by atoms with van der Waals surface area (Å²) in [4.78, 5) is 40.5. The number of nitrogens with zero attached hydrogens (tertiary/aromatic N) is 4. The predicted molar refractivity (Wildman–Crippen MR) is 105 cm³/mol. The van der Waals surface area contributed by atoms with Gasteiger partial charge in [-0.15, -0.1) is 12.4 Å². The topological polar surface area (TPSA) is 107 Å². The van der Waals surface area contributed by atoms with Crippen LogP contribution in [0.25, 0.3) is 0 Å². The molecule has 2 aliphatic rings. The smallest absolute Gasteiger partial charge is 0.407 e. The van der Waals surface area contributed by atoms with Crippen molar-refractivity contribution in [2.24, 2.45) is 0 Å². The Morgan fingerprint density at radius 1 is 1.14 bits per heavy atom. The highest BCUT2D eigenvalue weighted by atomic mass is 35.5. The summed E-state index contributed by atoms with van der Waals surface area (Å²) in [6, 6.07) is 5.89. The summed E-state index contributed by atoms with van der Waals surface area (Å²) >= 11 is 0. The molecular formula is C18H25ClN4O5. The minimum absolute atomic E-state index is 0. The number of nitro groups is 1. The van der Waals surface area contributed by atoms with E-state index in [9.17, 15) is 24.8 Å². The van der Waals surface area contributed by atoms with Crippen LogP contribution < -0.4 is 0 Å². The summed E-state index contributed by atoms with van der Waals surface area (Å²) in [6.07, 6.45) is 0.636. The summed E-state index contributed by atoms with van der Waals surface area (Å²) in [5.41, 5.74) is 0.307. The lowest BCUT2D eigenvalue weighted by Gasteiger charge is -2.48. The molecule has 10 heteroatoms. The van der Waals surface area contributed by atoms with Crippen LogP contribution in [0, 0.1) is 10.1 Å². The molecular weight excluding hydrogens is 388 g/mol. The number of amides is 2. The zero-order valence-corrected chi connectivity index (χ0v) is 16.5. The van der Waals surface area contributed by atoms with Crippen LogP contribution in [0.1, 0.15) is 25.3 Å². The molecule has 2 unspecified atom stereocenters.